The molecule has 116 valence electrons. The van der Waals surface area contributed by atoms with Crippen LogP contribution in [-0.4, -0.2) is 35.5 Å². The van der Waals surface area contributed by atoms with Crippen molar-refractivity contribution in [3.05, 3.63) is 48.6 Å². The van der Waals surface area contributed by atoms with Crippen molar-refractivity contribution in [2.75, 3.05) is 6.73 Å². The molecule has 2 rings (SSSR count). The van der Waals surface area contributed by atoms with Crippen LogP contribution in [0.25, 0.3) is 0 Å². The monoisotopic (exact) mass is 303 g/mol. The minimum atomic E-state index is -0.785. The van der Waals surface area contributed by atoms with Crippen molar-refractivity contribution < 1.29 is 23.9 Å². The highest BCUT2D eigenvalue weighted by Crippen LogP contribution is 2.18. The van der Waals surface area contributed by atoms with Crippen LogP contribution in [0.5, 0.6) is 0 Å². The maximum Gasteiger partial charge on any atom is 0.413 e. The topological polar surface area (TPSA) is 72.9 Å². The summed E-state index contributed by atoms with van der Waals surface area (Å²) in [4.78, 5) is 36.2. The second kappa shape index (κ2) is 7.40. The SMILES string of the molecule is C=CC(=O)CC[C@H]1C(=O)OCN1C(=O)OCc1ccccc1. The van der Waals surface area contributed by atoms with Crippen molar-refractivity contribution >= 4 is 17.8 Å². The molecule has 0 saturated carbocycles. The van der Waals surface area contributed by atoms with E-state index < -0.39 is 18.1 Å². The maximum atomic E-state index is 12.1. The van der Waals surface area contributed by atoms with E-state index >= 15 is 0 Å². The van der Waals surface area contributed by atoms with E-state index in [0.717, 1.165) is 5.56 Å². The van der Waals surface area contributed by atoms with E-state index in [1.54, 1.807) is 0 Å². The number of hydrogen-bond acceptors (Lipinski definition) is 5. The third-order valence-corrected chi connectivity index (χ3v) is 3.33. The van der Waals surface area contributed by atoms with Crippen LogP contribution in [0.15, 0.2) is 43.0 Å². The number of allylic oxidation sites excluding steroid dienone is 1. The smallest absolute Gasteiger partial charge is 0.413 e. The molecule has 0 unspecified atom stereocenters. The summed E-state index contributed by atoms with van der Waals surface area (Å²) in [6.45, 7) is 3.33. The fraction of sp³-hybridized carbons (Fsp3) is 0.312. The van der Waals surface area contributed by atoms with E-state index in [1.807, 2.05) is 30.3 Å². The molecule has 1 saturated heterocycles. The second-order valence-corrected chi connectivity index (χ2v) is 4.83. The van der Waals surface area contributed by atoms with Gasteiger partial charge in [0.05, 0.1) is 0 Å². The zero-order valence-electron chi connectivity index (χ0n) is 12.1. The van der Waals surface area contributed by atoms with Crippen molar-refractivity contribution in [3.8, 4) is 0 Å². The minimum absolute atomic E-state index is 0.114. The van der Waals surface area contributed by atoms with E-state index in [2.05, 4.69) is 6.58 Å². The summed E-state index contributed by atoms with van der Waals surface area (Å²) in [6, 6.07) is 8.43. The number of cyclic esters (lactones) is 1. The Labute approximate surface area is 128 Å². The van der Waals surface area contributed by atoms with Crippen molar-refractivity contribution in [1.82, 2.24) is 4.90 Å². The third-order valence-electron chi connectivity index (χ3n) is 3.33. The number of rotatable bonds is 6. The first-order chi connectivity index (χ1) is 10.6. The molecule has 6 nitrogen and oxygen atoms in total. The van der Waals surface area contributed by atoms with Crippen LogP contribution in [0.4, 0.5) is 4.79 Å². The van der Waals surface area contributed by atoms with Crippen LogP contribution in [0.3, 0.4) is 0 Å². The zero-order chi connectivity index (χ0) is 15.9. The minimum Gasteiger partial charge on any atom is -0.444 e. The second-order valence-electron chi connectivity index (χ2n) is 4.83. The molecule has 0 aromatic heterocycles. The number of benzene rings is 1. The lowest BCUT2D eigenvalue weighted by Crippen LogP contribution is -2.38. The Kier molecular flexibility index (Phi) is 5.30. The zero-order valence-corrected chi connectivity index (χ0v) is 12.1. The Morgan fingerprint density at radius 2 is 2.09 bits per heavy atom. The van der Waals surface area contributed by atoms with Gasteiger partial charge in [-0.15, -0.1) is 0 Å². The highest BCUT2D eigenvalue weighted by molar-refractivity contribution is 5.90. The predicted molar refractivity (Wildman–Crippen MR) is 77.7 cm³/mol. The molecule has 1 atom stereocenters. The molecule has 0 spiro atoms. The van der Waals surface area contributed by atoms with Crippen LogP contribution < -0.4 is 0 Å². The van der Waals surface area contributed by atoms with E-state index in [-0.39, 0.29) is 32.0 Å². The first-order valence-corrected chi connectivity index (χ1v) is 6.91. The van der Waals surface area contributed by atoms with Gasteiger partial charge in [-0.1, -0.05) is 36.9 Å². The summed E-state index contributed by atoms with van der Waals surface area (Å²) in [5.41, 5.74) is 0.848. The Morgan fingerprint density at radius 3 is 2.77 bits per heavy atom. The average molecular weight is 303 g/mol. The molecule has 1 heterocycles. The van der Waals surface area contributed by atoms with Crippen LogP contribution in [0.1, 0.15) is 18.4 Å². The first-order valence-electron chi connectivity index (χ1n) is 6.91. The summed E-state index contributed by atoms with van der Waals surface area (Å²) >= 11 is 0. The summed E-state index contributed by atoms with van der Waals surface area (Å²) in [6.07, 6.45) is 0.888. The van der Waals surface area contributed by atoms with Crippen LogP contribution in [0.2, 0.25) is 0 Å². The van der Waals surface area contributed by atoms with Gasteiger partial charge in [-0.25, -0.2) is 9.59 Å². The number of carbonyl (C=O) groups is 3. The fourth-order valence-corrected chi connectivity index (χ4v) is 2.08. The highest BCUT2D eigenvalue weighted by Gasteiger charge is 2.38. The number of carbonyl (C=O) groups excluding carboxylic acids is 3. The van der Waals surface area contributed by atoms with Gasteiger partial charge in [-0.3, -0.25) is 9.69 Å². The quantitative estimate of drug-likeness (QED) is 0.594. The lowest BCUT2D eigenvalue weighted by molar-refractivity contribution is -0.139. The highest BCUT2D eigenvalue weighted by atomic mass is 16.6. The van der Waals surface area contributed by atoms with E-state index in [1.165, 1.54) is 11.0 Å². The lowest BCUT2D eigenvalue weighted by Gasteiger charge is -2.19. The summed E-state index contributed by atoms with van der Waals surface area (Å²) in [7, 11) is 0. The maximum absolute atomic E-state index is 12.1. The average Bonchev–Trinajstić information content (AvgIpc) is 2.92. The van der Waals surface area contributed by atoms with Crippen LogP contribution in [-0.2, 0) is 25.7 Å². The molecule has 22 heavy (non-hydrogen) atoms. The van der Waals surface area contributed by atoms with E-state index in [4.69, 9.17) is 9.47 Å². The van der Waals surface area contributed by atoms with Gasteiger partial charge in [0.15, 0.2) is 12.5 Å². The molecule has 1 aliphatic heterocycles. The van der Waals surface area contributed by atoms with Crippen molar-refractivity contribution in [3.63, 3.8) is 0 Å². The number of esters is 1. The Bertz CT molecular complexity index is 569. The molecule has 1 amide bonds. The molecule has 0 N–H and O–H groups in total. The molecule has 1 fully saturated rings. The molecule has 1 aliphatic rings. The van der Waals surface area contributed by atoms with Gasteiger partial charge in [0.25, 0.3) is 0 Å². The first kappa shape index (κ1) is 15.8. The standard InChI is InChI=1S/C16H17NO5/c1-2-13(18)8-9-14-15(19)22-11-17(14)16(20)21-10-12-6-4-3-5-7-12/h2-7,14H,1,8-11H2/t14-/m0/s1. The fourth-order valence-electron chi connectivity index (χ4n) is 2.08. The molecule has 1 aromatic carbocycles. The van der Waals surface area contributed by atoms with Crippen molar-refractivity contribution in [2.45, 2.75) is 25.5 Å². The van der Waals surface area contributed by atoms with E-state index in [0.29, 0.717) is 0 Å². The Morgan fingerprint density at radius 1 is 1.36 bits per heavy atom. The number of amides is 1. The number of nitrogens with zero attached hydrogens (tertiary/aromatic N) is 1. The van der Waals surface area contributed by atoms with Gasteiger partial charge < -0.3 is 9.47 Å². The lowest BCUT2D eigenvalue weighted by atomic mass is 10.1. The number of ether oxygens (including phenoxy) is 2. The Balaban J connectivity index is 1.91. The number of ketones is 1. The summed E-state index contributed by atoms with van der Waals surface area (Å²) in [5.74, 6) is -0.703. The van der Waals surface area contributed by atoms with Gasteiger partial charge in [0, 0.05) is 6.42 Å². The predicted octanol–water partition coefficient (Wildman–Crippen LogP) is 2.04. The molecule has 0 bridgehead atoms. The molecule has 0 aliphatic carbocycles. The van der Waals surface area contributed by atoms with Gasteiger partial charge in [0.1, 0.15) is 12.6 Å². The van der Waals surface area contributed by atoms with Crippen molar-refractivity contribution in [2.24, 2.45) is 0 Å². The van der Waals surface area contributed by atoms with Crippen LogP contribution in [0, 0.1) is 0 Å². The summed E-state index contributed by atoms with van der Waals surface area (Å²) < 4.78 is 10.0. The molecular weight excluding hydrogens is 286 g/mol. The largest absolute Gasteiger partial charge is 0.444 e. The van der Waals surface area contributed by atoms with E-state index in [9.17, 15) is 14.4 Å². The molecule has 1 aromatic rings. The van der Waals surface area contributed by atoms with Crippen molar-refractivity contribution in [1.29, 1.82) is 0 Å². The normalized spacial score (nSPS) is 17.0. The van der Waals surface area contributed by atoms with Gasteiger partial charge in [0.2, 0.25) is 0 Å². The van der Waals surface area contributed by atoms with Crippen LogP contribution >= 0.6 is 0 Å². The van der Waals surface area contributed by atoms with Gasteiger partial charge >= 0.3 is 12.1 Å². The van der Waals surface area contributed by atoms with Gasteiger partial charge in [-0.2, -0.15) is 0 Å². The third kappa shape index (κ3) is 3.94. The summed E-state index contributed by atoms with van der Waals surface area (Å²) in [5, 5.41) is 0. The van der Waals surface area contributed by atoms with Gasteiger partial charge in [-0.05, 0) is 18.1 Å². The number of hydrogen-bond donors (Lipinski definition) is 0. The molecule has 0 radical (unpaired) electrons. The Hall–Kier alpha value is -2.63. The molecular formula is C16H17NO5. The molecule has 6 heteroatoms.